The first-order valence-corrected chi connectivity index (χ1v) is 9.60. The molecule has 0 fully saturated rings. The highest BCUT2D eigenvalue weighted by Crippen LogP contribution is 2.29. The van der Waals surface area contributed by atoms with Crippen molar-refractivity contribution in [3.63, 3.8) is 0 Å². The van der Waals surface area contributed by atoms with Crippen molar-refractivity contribution in [3.05, 3.63) is 84.5 Å². The van der Waals surface area contributed by atoms with Gasteiger partial charge in [0.1, 0.15) is 17.7 Å². The topological polar surface area (TPSA) is 106 Å². The van der Waals surface area contributed by atoms with E-state index in [1.165, 1.54) is 24.9 Å². The molecule has 8 nitrogen and oxygen atoms in total. The molecule has 33 heavy (non-hydrogen) atoms. The number of aromatic nitrogens is 5. The Morgan fingerprint density at radius 1 is 0.909 bits per heavy atom. The van der Waals surface area contributed by atoms with Crippen LogP contribution in [-0.4, -0.2) is 30.8 Å². The molecule has 0 spiro atoms. The molecular weight excluding hydrogens is 435 g/mol. The SMILES string of the molecule is Cc1cc(Nc2nccc(C(F)(F)F)n2)cc(-c2ccc(C(=O)Nc3cncnc3)nc2)c1. The van der Waals surface area contributed by atoms with E-state index < -0.39 is 17.8 Å². The fourth-order valence-electron chi connectivity index (χ4n) is 2.99. The first kappa shape index (κ1) is 21.8. The Morgan fingerprint density at radius 3 is 2.39 bits per heavy atom. The van der Waals surface area contributed by atoms with Gasteiger partial charge in [0.25, 0.3) is 5.91 Å². The molecule has 0 aliphatic heterocycles. The number of nitrogens with one attached hydrogen (secondary N) is 2. The molecule has 0 radical (unpaired) electrons. The minimum absolute atomic E-state index is 0.170. The Hall–Kier alpha value is -4.41. The molecule has 0 atom stereocenters. The second kappa shape index (κ2) is 8.99. The summed E-state index contributed by atoms with van der Waals surface area (Å²) in [6.07, 6.45) is 2.31. The molecule has 2 N–H and O–H groups in total. The Kier molecular flexibility index (Phi) is 5.94. The zero-order valence-corrected chi connectivity index (χ0v) is 17.1. The second-order valence-electron chi connectivity index (χ2n) is 6.99. The van der Waals surface area contributed by atoms with E-state index in [4.69, 9.17) is 0 Å². The number of carbonyl (C=O) groups is 1. The van der Waals surface area contributed by atoms with E-state index in [2.05, 4.69) is 35.6 Å². The van der Waals surface area contributed by atoms with Crippen LogP contribution < -0.4 is 10.6 Å². The van der Waals surface area contributed by atoms with Crippen LogP contribution in [0.2, 0.25) is 0 Å². The monoisotopic (exact) mass is 451 g/mol. The predicted octanol–water partition coefficient (Wildman–Crippen LogP) is 4.65. The normalized spacial score (nSPS) is 11.2. The first-order valence-electron chi connectivity index (χ1n) is 9.60. The molecule has 11 heteroatoms. The quantitative estimate of drug-likeness (QED) is 0.455. The Labute approximate surface area is 186 Å². The molecule has 1 aromatic carbocycles. The summed E-state index contributed by atoms with van der Waals surface area (Å²) >= 11 is 0. The molecule has 0 unspecified atom stereocenters. The number of halogens is 3. The lowest BCUT2D eigenvalue weighted by molar-refractivity contribution is -0.141. The van der Waals surface area contributed by atoms with E-state index in [-0.39, 0.29) is 11.6 Å². The van der Waals surface area contributed by atoms with Crippen molar-refractivity contribution in [1.29, 1.82) is 0 Å². The van der Waals surface area contributed by atoms with Crippen molar-refractivity contribution in [3.8, 4) is 11.1 Å². The molecule has 4 rings (SSSR count). The maximum atomic E-state index is 12.9. The largest absolute Gasteiger partial charge is 0.433 e. The Bertz CT molecular complexity index is 1280. The molecule has 0 aliphatic rings. The van der Waals surface area contributed by atoms with Crippen LogP contribution in [0.1, 0.15) is 21.7 Å². The Balaban J connectivity index is 1.53. The molecule has 0 saturated carbocycles. The van der Waals surface area contributed by atoms with Gasteiger partial charge in [-0.2, -0.15) is 13.2 Å². The molecular formula is C22H16F3N7O. The van der Waals surface area contributed by atoms with Crippen LogP contribution in [0.5, 0.6) is 0 Å². The second-order valence-corrected chi connectivity index (χ2v) is 6.99. The number of nitrogens with zero attached hydrogens (tertiary/aromatic N) is 5. The predicted molar refractivity (Wildman–Crippen MR) is 115 cm³/mol. The van der Waals surface area contributed by atoms with Gasteiger partial charge in [-0.05, 0) is 42.3 Å². The van der Waals surface area contributed by atoms with Crippen molar-refractivity contribution in [2.75, 3.05) is 10.6 Å². The summed E-state index contributed by atoms with van der Waals surface area (Å²) in [5, 5.41) is 5.45. The number of pyridine rings is 1. The molecule has 3 aromatic heterocycles. The number of hydrogen-bond acceptors (Lipinski definition) is 7. The zero-order chi connectivity index (χ0) is 23.4. The van der Waals surface area contributed by atoms with Crippen molar-refractivity contribution in [2.45, 2.75) is 13.1 Å². The number of carbonyl (C=O) groups excluding carboxylic acids is 1. The molecule has 0 bridgehead atoms. The number of benzene rings is 1. The van der Waals surface area contributed by atoms with E-state index in [0.717, 1.165) is 23.4 Å². The number of rotatable bonds is 5. The van der Waals surface area contributed by atoms with Gasteiger partial charge in [0.05, 0.1) is 18.1 Å². The number of anilines is 3. The maximum Gasteiger partial charge on any atom is 0.433 e. The van der Waals surface area contributed by atoms with Gasteiger partial charge >= 0.3 is 6.18 Å². The average molecular weight is 451 g/mol. The fraction of sp³-hybridized carbons (Fsp3) is 0.0909. The highest BCUT2D eigenvalue weighted by atomic mass is 19.4. The summed E-state index contributed by atoms with van der Waals surface area (Å²) in [7, 11) is 0. The van der Waals surface area contributed by atoms with Crippen molar-refractivity contribution >= 4 is 23.2 Å². The average Bonchev–Trinajstić information content (AvgIpc) is 2.79. The van der Waals surface area contributed by atoms with Crippen LogP contribution in [0.3, 0.4) is 0 Å². The molecule has 166 valence electrons. The summed E-state index contributed by atoms with van der Waals surface area (Å²) in [5.41, 5.74) is 2.44. The van der Waals surface area contributed by atoms with Crippen LogP contribution in [-0.2, 0) is 6.18 Å². The standard InChI is InChI=1S/C22H16F3N7O/c1-13-6-15(8-16(7-13)31-21-28-5-4-19(32-21)22(23,24)25)14-2-3-18(29-9-14)20(33)30-17-10-26-12-27-11-17/h2-12H,1H3,(H,30,33)(H,28,31,32). The van der Waals surface area contributed by atoms with E-state index in [9.17, 15) is 18.0 Å². The molecule has 0 aliphatic carbocycles. The van der Waals surface area contributed by atoms with Gasteiger partial charge in [-0.15, -0.1) is 0 Å². The minimum atomic E-state index is -4.57. The smallest absolute Gasteiger partial charge is 0.324 e. The summed E-state index contributed by atoms with van der Waals surface area (Å²) in [6, 6.07) is 9.47. The molecule has 0 saturated heterocycles. The summed E-state index contributed by atoms with van der Waals surface area (Å²) in [6.45, 7) is 1.85. The number of aryl methyl sites for hydroxylation is 1. The van der Waals surface area contributed by atoms with Gasteiger partial charge < -0.3 is 10.6 Å². The lowest BCUT2D eigenvalue weighted by Crippen LogP contribution is -2.13. The number of alkyl halides is 3. The van der Waals surface area contributed by atoms with E-state index in [1.807, 2.05) is 13.0 Å². The summed E-state index contributed by atoms with van der Waals surface area (Å²) < 4.78 is 38.7. The van der Waals surface area contributed by atoms with Crippen LogP contribution in [0.25, 0.3) is 11.1 Å². The molecule has 1 amide bonds. The highest BCUT2D eigenvalue weighted by Gasteiger charge is 2.32. The van der Waals surface area contributed by atoms with E-state index >= 15 is 0 Å². The zero-order valence-electron chi connectivity index (χ0n) is 17.1. The third-order valence-electron chi connectivity index (χ3n) is 4.43. The van der Waals surface area contributed by atoms with Crippen molar-refractivity contribution in [1.82, 2.24) is 24.9 Å². The molecule has 3 heterocycles. The lowest BCUT2D eigenvalue weighted by atomic mass is 10.0. The van der Waals surface area contributed by atoms with Gasteiger partial charge in [0.2, 0.25) is 5.95 Å². The Morgan fingerprint density at radius 2 is 1.70 bits per heavy atom. The van der Waals surface area contributed by atoms with Crippen LogP contribution in [0.4, 0.5) is 30.5 Å². The van der Waals surface area contributed by atoms with Gasteiger partial charge in [0, 0.05) is 23.6 Å². The fourth-order valence-corrected chi connectivity index (χ4v) is 2.99. The lowest BCUT2D eigenvalue weighted by Gasteiger charge is -2.11. The van der Waals surface area contributed by atoms with Gasteiger partial charge in [-0.3, -0.25) is 9.78 Å². The van der Waals surface area contributed by atoms with E-state index in [0.29, 0.717) is 16.9 Å². The minimum Gasteiger partial charge on any atom is -0.324 e. The first-order chi connectivity index (χ1) is 15.8. The summed E-state index contributed by atoms with van der Waals surface area (Å²) in [4.78, 5) is 31.6. The highest BCUT2D eigenvalue weighted by molar-refractivity contribution is 6.02. The summed E-state index contributed by atoms with van der Waals surface area (Å²) in [5.74, 6) is -0.582. The van der Waals surface area contributed by atoms with Crippen LogP contribution in [0, 0.1) is 6.92 Å². The third kappa shape index (κ3) is 5.45. The maximum absolute atomic E-state index is 12.9. The van der Waals surface area contributed by atoms with Gasteiger partial charge in [0.15, 0.2) is 0 Å². The number of hydrogen-bond donors (Lipinski definition) is 2. The number of amides is 1. The van der Waals surface area contributed by atoms with Crippen LogP contribution >= 0.6 is 0 Å². The van der Waals surface area contributed by atoms with Crippen LogP contribution in [0.15, 0.2) is 67.5 Å². The molecule has 4 aromatic rings. The third-order valence-corrected chi connectivity index (χ3v) is 4.43. The van der Waals surface area contributed by atoms with Crippen molar-refractivity contribution < 1.29 is 18.0 Å². The van der Waals surface area contributed by atoms with Crippen molar-refractivity contribution in [2.24, 2.45) is 0 Å². The van der Waals surface area contributed by atoms with Gasteiger partial charge in [-0.25, -0.2) is 19.9 Å². The van der Waals surface area contributed by atoms with E-state index in [1.54, 1.807) is 24.3 Å². The van der Waals surface area contributed by atoms with Gasteiger partial charge in [-0.1, -0.05) is 12.1 Å².